The highest BCUT2D eigenvalue weighted by atomic mass is 16.5. The lowest BCUT2D eigenvalue weighted by atomic mass is 9.44. The van der Waals surface area contributed by atoms with E-state index in [0.29, 0.717) is 29.6 Å². The molecule has 6 heteroatoms. The van der Waals surface area contributed by atoms with Crippen LogP contribution in [0.25, 0.3) is 11.0 Å². The number of hydrogen-bond donors (Lipinski definition) is 1. The number of benzene rings is 1. The lowest BCUT2D eigenvalue weighted by Crippen LogP contribution is -2.55. The van der Waals surface area contributed by atoms with Crippen LogP contribution in [-0.2, 0) is 11.3 Å². The van der Waals surface area contributed by atoms with Crippen molar-refractivity contribution < 1.29 is 14.6 Å². The highest BCUT2D eigenvalue weighted by molar-refractivity contribution is 5.84. The predicted molar refractivity (Wildman–Crippen MR) is 135 cm³/mol. The molecule has 1 N–H and O–H groups in total. The summed E-state index contributed by atoms with van der Waals surface area (Å²) in [5.41, 5.74) is 1.62. The molecule has 0 saturated heterocycles. The lowest BCUT2D eigenvalue weighted by Gasteiger charge is -2.61. The van der Waals surface area contributed by atoms with E-state index in [2.05, 4.69) is 24.2 Å². The number of methoxy groups -OCH3 is 1. The zero-order valence-corrected chi connectivity index (χ0v) is 21.8. The molecule has 0 bridgehead atoms. The quantitative estimate of drug-likeness (QED) is 0.634. The third-order valence-corrected chi connectivity index (χ3v) is 11.4. The van der Waals surface area contributed by atoms with Crippen molar-refractivity contribution in [3.05, 3.63) is 18.2 Å². The van der Waals surface area contributed by atoms with Crippen LogP contribution in [0.3, 0.4) is 0 Å². The molecule has 4 aliphatic carbocycles. The minimum Gasteiger partial charge on any atom is -0.497 e. The van der Waals surface area contributed by atoms with Crippen molar-refractivity contribution in [3.8, 4) is 5.75 Å². The maximum Gasteiger partial charge on any atom is 0.157 e. The SMILES string of the molecule is COc1ccc2nnn(CC(=O)[C@H]3CC[C@H]4[C@@H]5CC[C@@H]6C[C@](C)(O)CC[C@]6(C)[C@H]5CC[C@]34C)c2c1. The number of nitrogens with zero attached hydrogens (tertiary/aromatic N) is 3. The monoisotopic (exact) mass is 479 g/mol. The molecule has 190 valence electrons. The molecule has 1 heterocycles. The topological polar surface area (TPSA) is 77.2 Å². The summed E-state index contributed by atoms with van der Waals surface area (Å²) in [5.74, 6) is 3.94. The largest absolute Gasteiger partial charge is 0.497 e. The number of rotatable bonds is 4. The van der Waals surface area contributed by atoms with Gasteiger partial charge < -0.3 is 9.84 Å². The minimum absolute atomic E-state index is 0.0929. The molecule has 1 aromatic carbocycles. The summed E-state index contributed by atoms with van der Waals surface area (Å²) in [4.78, 5) is 13.7. The van der Waals surface area contributed by atoms with Crippen LogP contribution in [0.15, 0.2) is 18.2 Å². The van der Waals surface area contributed by atoms with E-state index in [0.717, 1.165) is 60.7 Å². The molecule has 0 radical (unpaired) electrons. The van der Waals surface area contributed by atoms with Crippen LogP contribution in [-0.4, -0.2) is 38.6 Å². The molecule has 4 fully saturated rings. The zero-order valence-electron chi connectivity index (χ0n) is 21.8. The van der Waals surface area contributed by atoms with Crippen LogP contribution >= 0.6 is 0 Å². The molecular formula is C29H41N3O3. The van der Waals surface area contributed by atoms with Gasteiger partial charge in [-0.25, -0.2) is 4.68 Å². The van der Waals surface area contributed by atoms with Crippen LogP contribution in [0.4, 0.5) is 0 Å². The first-order chi connectivity index (χ1) is 16.6. The van der Waals surface area contributed by atoms with Gasteiger partial charge in [0.05, 0.1) is 18.2 Å². The van der Waals surface area contributed by atoms with Gasteiger partial charge in [-0.3, -0.25) is 4.79 Å². The number of aromatic nitrogens is 3. The van der Waals surface area contributed by atoms with Crippen LogP contribution in [0.5, 0.6) is 5.75 Å². The standard InChI is InChI=1S/C29H41N3O3/c1-27(34)13-14-28(2)18(16-27)5-7-20-21-8-9-23(29(21,3)12-11-22(20)28)26(33)17-32-25-15-19(35-4)6-10-24(25)30-31-32/h6,10,15,18,20-23,34H,5,7-9,11-14,16-17H2,1-4H3/t18-,20+,21+,22+,23-,27-,28+,29+/m1/s1. The second-order valence-electron chi connectivity index (χ2n) is 13.1. The van der Waals surface area contributed by atoms with E-state index < -0.39 is 5.60 Å². The molecule has 0 aliphatic heterocycles. The van der Waals surface area contributed by atoms with Gasteiger partial charge in [-0.1, -0.05) is 19.1 Å². The Bertz CT molecular complexity index is 1140. The zero-order chi connectivity index (χ0) is 24.6. The fourth-order valence-electron chi connectivity index (χ4n) is 9.41. The Kier molecular flexibility index (Phi) is 5.38. The van der Waals surface area contributed by atoms with Gasteiger partial charge in [-0.15, -0.1) is 5.10 Å². The van der Waals surface area contributed by atoms with Gasteiger partial charge >= 0.3 is 0 Å². The molecule has 4 aliphatic rings. The number of carbonyl (C=O) groups is 1. The van der Waals surface area contributed by atoms with E-state index >= 15 is 0 Å². The first-order valence-electron chi connectivity index (χ1n) is 13.8. The van der Waals surface area contributed by atoms with E-state index in [-0.39, 0.29) is 11.3 Å². The summed E-state index contributed by atoms with van der Waals surface area (Å²) < 4.78 is 7.14. The van der Waals surface area contributed by atoms with Crippen molar-refractivity contribution >= 4 is 16.8 Å². The average Bonchev–Trinajstić information content (AvgIpc) is 3.39. The number of fused-ring (bicyclic) bond motifs is 6. The number of Topliss-reactive ketones (excluding diaryl/α,β-unsaturated/α-hetero) is 1. The summed E-state index contributed by atoms with van der Waals surface area (Å²) in [5, 5.41) is 19.3. The molecule has 8 atom stereocenters. The van der Waals surface area contributed by atoms with Gasteiger partial charge in [0.2, 0.25) is 0 Å². The van der Waals surface area contributed by atoms with E-state index in [1.807, 2.05) is 25.1 Å². The Hall–Kier alpha value is -1.95. The van der Waals surface area contributed by atoms with Crippen molar-refractivity contribution in [2.45, 2.75) is 90.7 Å². The molecule has 6 rings (SSSR count). The highest BCUT2D eigenvalue weighted by Gasteiger charge is 2.61. The molecule has 4 saturated carbocycles. The van der Waals surface area contributed by atoms with E-state index in [1.165, 1.54) is 25.7 Å². The summed E-state index contributed by atoms with van der Waals surface area (Å²) in [6.07, 6.45) is 10.1. The highest BCUT2D eigenvalue weighted by Crippen LogP contribution is 2.68. The molecule has 2 aromatic rings. The molecule has 6 nitrogen and oxygen atoms in total. The van der Waals surface area contributed by atoms with Crippen molar-refractivity contribution in [2.75, 3.05) is 7.11 Å². The maximum absolute atomic E-state index is 13.7. The second-order valence-corrected chi connectivity index (χ2v) is 13.1. The fourth-order valence-corrected chi connectivity index (χ4v) is 9.41. The number of aliphatic hydroxyl groups is 1. The Balaban J connectivity index is 1.22. The van der Waals surface area contributed by atoms with Gasteiger partial charge in [-0.05, 0) is 111 Å². The third-order valence-electron chi connectivity index (χ3n) is 11.4. The smallest absolute Gasteiger partial charge is 0.157 e. The van der Waals surface area contributed by atoms with Crippen LogP contribution in [0, 0.1) is 40.4 Å². The Morgan fingerprint density at radius 3 is 2.66 bits per heavy atom. The number of ketones is 1. The summed E-state index contributed by atoms with van der Waals surface area (Å²) in [6, 6.07) is 5.71. The van der Waals surface area contributed by atoms with Crippen LogP contribution in [0.1, 0.15) is 78.6 Å². The Labute approximate surface area is 208 Å². The fraction of sp³-hybridized carbons (Fsp3) is 0.759. The normalized spacial score (nSPS) is 42.8. The number of carbonyl (C=O) groups excluding carboxylic acids is 1. The molecule has 1 aromatic heterocycles. The molecule has 35 heavy (non-hydrogen) atoms. The van der Waals surface area contributed by atoms with Crippen LogP contribution in [0.2, 0.25) is 0 Å². The Morgan fingerprint density at radius 1 is 1.06 bits per heavy atom. The summed E-state index contributed by atoms with van der Waals surface area (Å²) in [7, 11) is 1.65. The first kappa shape index (κ1) is 23.4. The van der Waals surface area contributed by atoms with Crippen molar-refractivity contribution in [1.29, 1.82) is 0 Å². The van der Waals surface area contributed by atoms with E-state index in [4.69, 9.17) is 4.74 Å². The van der Waals surface area contributed by atoms with E-state index in [9.17, 15) is 9.90 Å². The molecule has 0 spiro atoms. The summed E-state index contributed by atoms with van der Waals surface area (Å²) >= 11 is 0. The van der Waals surface area contributed by atoms with Crippen molar-refractivity contribution in [2.24, 2.45) is 40.4 Å². The first-order valence-corrected chi connectivity index (χ1v) is 13.8. The molecule has 0 amide bonds. The van der Waals surface area contributed by atoms with Gasteiger partial charge in [0.1, 0.15) is 17.8 Å². The van der Waals surface area contributed by atoms with Gasteiger partial charge in [0, 0.05) is 12.0 Å². The van der Waals surface area contributed by atoms with Crippen molar-refractivity contribution in [1.82, 2.24) is 15.0 Å². The van der Waals surface area contributed by atoms with Gasteiger partial charge in [-0.2, -0.15) is 0 Å². The molecular weight excluding hydrogens is 438 g/mol. The van der Waals surface area contributed by atoms with Gasteiger partial charge in [0.25, 0.3) is 0 Å². The Morgan fingerprint density at radius 2 is 1.86 bits per heavy atom. The average molecular weight is 480 g/mol. The maximum atomic E-state index is 13.7. The number of hydrogen-bond acceptors (Lipinski definition) is 5. The predicted octanol–water partition coefficient (Wildman–Crippen LogP) is 5.42. The summed E-state index contributed by atoms with van der Waals surface area (Å²) in [6.45, 7) is 7.29. The number of ether oxygens (including phenoxy) is 1. The second kappa shape index (κ2) is 8.03. The minimum atomic E-state index is -0.486. The van der Waals surface area contributed by atoms with Gasteiger partial charge in [0.15, 0.2) is 5.78 Å². The van der Waals surface area contributed by atoms with Crippen LogP contribution < -0.4 is 4.74 Å². The van der Waals surface area contributed by atoms with Crippen molar-refractivity contribution in [3.63, 3.8) is 0 Å². The molecule has 0 unspecified atom stereocenters. The third kappa shape index (κ3) is 3.57. The van der Waals surface area contributed by atoms with E-state index in [1.54, 1.807) is 11.8 Å². The lowest BCUT2D eigenvalue weighted by molar-refractivity contribution is -0.151.